The Bertz CT molecular complexity index is 1200. The van der Waals surface area contributed by atoms with E-state index >= 15 is 0 Å². The average molecular weight is 546 g/mol. The second-order valence-corrected chi connectivity index (χ2v) is 9.36. The third kappa shape index (κ3) is 6.11. The van der Waals surface area contributed by atoms with Crippen molar-refractivity contribution in [3.05, 3.63) is 85.5 Å². The van der Waals surface area contributed by atoms with Crippen LogP contribution < -0.4 is 5.43 Å². The number of halogens is 2. The second-order valence-electron chi connectivity index (χ2n) is 8.03. The summed E-state index contributed by atoms with van der Waals surface area (Å²) in [4.78, 5) is 25.4. The first-order chi connectivity index (χ1) is 16.4. The van der Waals surface area contributed by atoms with Crippen LogP contribution in [0, 0.1) is 16.0 Å². The van der Waals surface area contributed by atoms with Gasteiger partial charge in [-0.25, -0.2) is 5.43 Å². The van der Waals surface area contributed by atoms with Gasteiger partial charge in [-0.2, -0.15) is 5.10 Å². The van der Waals surface area contributed by atoms with Crippen LogP contribution in [-0.4, -0.2) is 35.0 Å². The Morgan fingerprint density at radius 1 is 1.21 bits per heavy atom. The van der Waals surface area contributed by atoms with Crippen LogP contribution >= 0.6 is 27.5 Å². The zero-order valence-electron chi connectivity index (χ0n) is 18.1. The van der Waals surface area contributed by atoms with E-state index in [9.17, 15) is 14.9 Å². The molecular formula is C24H22BrClN4O4. The minimum absolute atomic E-state index is 0.0823. The largest absolute Gasteiger partial charge is 0.455 e. The number of nitro groups is 1. The lowest BCUT2D eigenvalue weighted by Crippen LogP contribution is -2.39. The van der Waals surface area contributed by atoms with E-state index in [0.29, 0.717) is 22.1 Å². The van der Waals surface area contributed by atoms with E-state index in [0.717, 1.165) is 36.9 Å². The molecule has 3 aromatic rings. The Balaban J connectivity index is 1.28. The van der Waals surface area contributed by atoms with Crippen LogP contribution in [0.25, 0.3) is 11.3 Å². The molecule has 0 atom stereocenters. The number of furan rings is 1. The number of hydrogen-bond donors (Lipinski definition) is 1. The summed E-state index contributed by atoms with van der Waals surface area (Å²) in [5, 5.41) is 15.4. The van der Waals surface area contributed by atoms with Gasteiger partial charge >= 0.3 is 0 Å². The van der Waals surface area contributed by atoms with Crippen LogP contribution in [0.3, 0.4) is 0 Å². The van der Waals surface area contributed by atoms with Crippen LogP contribution in [0.1, 0.15) is 24.2 Å². The first kappa shape index (κ1) is 24.1. The van der Waals surface area contributed by atoms with Gasteiger partial charge in [0.1, 0.15) is 11.5 Å². The van der Waals surface area contributed by atoms with Gasteiger partial charge in [-0.05, 0) is 61.8 Å². The number of nitrogens with zero attached hydrogens (tertiary/aromatic N) is 3. The van der Waals surface area contributed by atoms with Crippen LogP contribution in [-0.2, 0) is 11.3 Å². The molecule has 0 aliphatic carbocycles. The highest BCUT2D eigenvalue weighted by Crippen LogP contribution is 2.32. The second kappa shape index (κ2) is 10.9. The van der Waals surface area contributed by atoms with Gasteiger partial charge in [0, 0.05) is 34.6 Å². The third-order valence-electron chi connectivity index (χ3n) is 5.70. The molecule has 4 rings (SSSR count). The number of carbonyl (C=O) groups excluding carboxylic acids is 1. The smallest absolute Gasteiger partial charge is 0.270 e. The number of nitro benzene ring substituents is 1. The maximum absolute atomic E-state index is 12.5. The van der Waals surface area contributed by atoms with Crippen molar-refractivity contribution in [3.8, 4) is 11.3 Å². The molecule has 1 aliphatic rings. The number of hydrogen-bond acceptors (Lipinski definition) is 6. The molecular weight excluding hydrogens is 524 g/mol. The minimum Gasteiger partial charge on any atom is -0.455 e. The lowest BCUT2D eigenvalue weighted by Gasteiger charge is -2.30. The van der Waals surface area contributed by atoms with Crippen molar-refractivity contribution in [1.82, 2.24) is 10.3 Å². The van der Waals surface area contributed by atoms with E-state index < -0.39 is 4.92 Å². The fourth-order valence-corrected chi connectivity index (χ4v) is 4.31. The number of amides is 1. The number of rotatable bonds is 7. The first-order valence-electron chi connectivity index (χ1n) is 10.7. The fourth-order valence-electron chi connectivity index (χ4n) is 3.83. The average Bonchev–Trinajstić information content (AvgIpc) is 3.30. The monoisotopic (exact) mass is 544 g/mol. The number of benzene rings is 2. The Morgan fingerprint density at radius 2 is 1.94 bits per heavy atom. The standard InChI is InChI=1S/C24H22BrClN4O4/c25-18-3-1-16(2-4-18)15-29-11-9-17(10-12-29)24(31)28-27-14-20-6-8-23(34-20)21-13-19(30(32)33)5-7-22(21)26/h1-8,13-14,17H,9-12,15H2,(H,28,31)/b27-14-. The topological polar surface area (TPSA) is 101 Å². The molecule has 2 heterocycles. The molecule has 34 heavy (non-hydrogen) atoms. The van der Waals surface area contributed by atoms with Gasteiger partial charge in [0.15, 0.2) is 0 Å². The predicted octanol–water partition coefficient (Wildman–Crippen LogP) is 5.63. The molecule has 1 N–H and O–H groups in total. The molecule has 0 spiro atoms. The van der Waals surface area contributed by atoms with E-state index in [1.165, 1.54) is 30.0 Å². The molecule has 0 unspecified atom stereocenters. The predicted molar refractivity (Wildman–Crippen MR) is 134 cm³/mol. The van der Waals surface area contributed by atoms with E-state index in [2.05, 4.69) is 43.5 Å². The molecule has 1 aromatic heterocycles. The van der Waals surface area contributed by atoms with Gasteiger partial charge in [0.25, 0.3) is 5.69 Å². The molecule has 2 aromatic carbocycles. The Labute approximate surface area is 209 Å². The normalized spacial score (nSPS) is 15.0. The molecule has 0 saturated carbocycles. The van der Waals surface area contributed by atoms with Crippen molar-refractivity contribution in [2.45, 2.75) is 19.4 Å². The van der Waals surface area contributed by atoms with Crippen molar-refractivity contribution < 1.29 is 14.1 Å². The zero-order valence-corrected chi connectivity index (χ0v) is 20.5. The lowest BCUT2D eigenvalue weighted by atomic mass is 9.96. The van der Waals surface area contributed by atoms with Crippen molar-refractivity contribution in [3.63, 3.8) is 0 Å². The van der Waals surface area contributed by atoms with E-state index in [1.807, 2.05) is 12.1 Å². The van der Waals surface area contributed by atoms with Crippen molar-refractivity contribution in [1.29, 1.82) is 0 Å². The molecule has 8 nitrogen and oxygen atoms in total. The summed E-state index contributed by atoms with van der Waals surface area (Å²) >= 11 is 9.61. The van der Waals surface area contributed by atoms with Gasteiger partial charge in [0.05, 0.1) is 16.2 Å². The summed E-state index contributed by atoms with van der Waals surface area (Å²) in [5.41, 5.74) is 4.17. The lowest BCUT2D eigenvalue weighted by molar-refractivity contribution is -0.384. The summed E-state index contributed by atoms with van der Waals surface area (Å²) in [6, 6.07) is 15.7. The molecule has 1 amide bonds. The van der Waals surface area contributed by atoms with Crippen LogP contribution in [0.5, 0.6) is 0 Å². The quantitative estimate of drug-likeness (QED) is 0.235. The van der Waals surface area contributed by atoms with E-state index in [-0.39, 0.29) is 17.5 Å². The Kier molecular flexibility index (Phi) is 7.77. The molecule has 0 radical (unpaired) electrons. The number of nitrogens with one attached hydrogen (secondary N) is 1. The Morgan fingerprint density at radius 3 is 2.65 bits per heavy atom. The fraction of sp³-hybridized carbons (Fsp3) is 0.250. The highest BCUT2D eigenvalue weighted by molar-refractivity contribution is 9.10. The van der Waals surface area contributed by atoms with Crippen molar-refractivity contribution in [2.75, 3.05) is 13.1 Å². The zero-order chi connectivity index (χ0) is 24.1. The van der Waals surface area contributed by atoms with Gasteiger partial charge in [-0.3, -0.25) is 19.8 Å². The summed E-state index contributed by atoms with van der Waals surface area (Å²) < 4.78 is 6.73. The van der Waals surface area contributed by atoms with E-state index in [4.69, 9.17) is 16.0 Å². The molecule has 10 heteroatoms. The number of hydrazone groups is 1. The summed E-state index contributed by atoms with van der Waals surface area (Å²) in [7, 11) is 0. The van der Waals surface area contributed by atoms with Gasteiger partial charge in [0.2, 0.25) is 5.91 Å². The first-order valence-corrected chi connectivity index (χ1v) is 11.9. The highest BCUT2D eigenvalue weighted by atomic mass is 79.9. The summed E-state index contributed by atoms with van der Waals surface area (Å²) in [6.45, 7) is 2.57. The van der Waals surface area contributed by atoms with Gasteiger partial charge in [-0.1, -0.05) is 39.7 Å². The summed E-state index contributed by atoms with van der Waals surface area (Å²) in [5.74, 6) is 0.559. The number of carbonyl (C=O) groups is 1. The molecule has 1 aliphatic heterocycles. The van der Waals surface area contributed by atoms with Gasteiger partial charge < -0.3 is 4.42 Å². The minimum atomic E-state index is -0.494. The SMILES string of the molecule is O=C(N/N=C\c1ccc(-c2cc([N+](=O)[O-])ccc2Cl)o1)C1CCN(Cc2ccc(Br)cc2)CC1. The molecule has 1 saturated heterocycles. The van der Waals surface area contributed by atoms with Crippen molar-refractivity contribution >= 4 is 45.3 Å². The van der Waals surface area contributed by atoms with Crippen LogP contribution in [0.2, 0.25) is 5.02 Å². The highest BCUT2D eigenvalue weighted by Gasteiger charge is 2.24. The van der Waals surface area contributed by atoms with Crippen molar-refractivity contribution in [2.24, 2.45) is 11.0 Å². The molecule has 1 fully saturated rings. The number of piperidine rings is 1. The van der Waals surface area contributed by atoms with Crippen LogP contribution in [0.4, 0.5) is 5.69 Å². The van der Waals surface area contributed by atoms with Gasteiger partial charge in [-0.15, -0.1) is 0 Å². The maximum Gasteiger partial charge on any atom is 0.270 e. The Hall–Kier alpha value is -3.01. The summed E-state index contributed by atoms with van der Waals surface area (Å²) in [6.07, 6.45) is 2.94. The molecule has 0 bridgehead atoms. The maximum atomic E-state index is 12.5. The number of likely N-dealkylation sites (tertiary alicyclic amines) is 1. The third-order valence-corrected chi connectivity index (χ3v) is 6.56. The molecule has 176 valence electrons. The van der Waals surface area contributed by atoms with Crippen LogP contribution in [0.15, 0.2) is 68.6 Å². The van der Waals surface area contributed by atoms with E-state index in [1.54, 1.807) is 12.1 Å². The number of non-ortho nitro benzene ring substituents is 1.